The number of para-hydroxylation sites is 2. The molecule has 0 unspecified atom stereocenters. The van der Waals surface area contributed by atoms with Crippen molar-refractivity contribution in [2.45, 2.75) is 0 Å². The van der Waals surface area contributed by atoms with Crippen LogP contribution in [0.25, 0.3) is 74.4 Å². The number of rotatable bonds is 3. The van der Waals surface area contributed by atoms with Gasteiger partial charge in [-0.1, -0.05) is 103 Å². The summed E-state index contributed by atoms with van der Waals surface area (Å²) in [6.07, 6.45) is 0. The average molecular weight is 592 g/mol. The molecule has 0 aliphatic heterocycles. The second-order valence-electron chi connectivity index (χ2n) is 11.7. The van der Waals surface area contributed by atoms with Crippen LogP contribution >= 0.6 is 11.3 Å². The minimum atomic E-state index is 0.887. The van der Waals surface area contributed by atoms with Crippen LogP contribution in [-0.4, -0.2) is 0 Å². The molecule has 45 heavy (non-hydrogen) atoms. The van der Waals surface area contributed by atoms with Crippen molar-refractivity contribution in [1.82, 2.24) is 0 Å². The van der Waals surface area contributed by atoms with Crippen LogP contribution in [0.4, 0.5) is 17.1 Å². The normalized spacial score (nSPS) is 12.0. The van der Waals surface area contributed by atoms with Gasteiger partial charge >= 0.3 is 0 Å². The van der Waals surface area contributed by atoms with Gasteiger partial charge in [0.05, 0.1) is 5.69 Å². The SMILES string of the molecule is c1ccc(N(c2ccc3c(c2)oc2ccccc23)c2cc3ccc4ccc5c6ccccc6sc5c4c3c3ccccc23)cc1. The van der Waals surface area contributed by atoms with Gasteiger partial charge in [-0.25, -0.2) is 0 Å². The van der Waals surface area contributed by atoms with Crippen molar-refractivity contribution in [2.75, 3.05) is 4.90 Å². The first-order valence-corrected chi connectivity index (χ1v) is 16.1. The number of anilines is 3. The monoisotopic (exact) mass is 591 g/mol. The van der Waals surface area contributed by atoms with E-state index in [1.165, 1.54) is 52.5 Å². The molecular weight excluding hydrogens is 567 g/mol. The van der Waals surface area contributed by atoms with Crippen LogP contribution in [-0.2, 0) is 0 Å². The highest BCUT2D eigenvalue weighted by Crippen LogP contribution is 2.47. The van der Waals surface area contributed by atoms with E-state index in [2.05, 4.69) is 144 Å². The van der Waals surface area contributed by atoms with E-state index < -0.39 is 0 Å². The topological polar surface area (TPSA) is 16.4 Å². The number of thiophene rings is 1. The summed E-state index contributed by atoms with van der Waals surface area (Å²) in [6, 6.07) is 54.7. The van der Waals surface area contributed by atoms with Crippen molar-refractivity contribution in [1.29, 1.82) is 0 Å². The second-order valence-corrected chi connectivity index (χ2v) is 12.7. The lowest BCUT2D eigenvalue weighted by molar-refractivity contribution is 0.669. The second kappa shape index (κ2) is 9.43. The van der Waals surface area contributed by atoms with Gasteiger partial charge in [-0.15, -0.1) is 11.3 Å². The van der Waals surface area contributed by atoms with Gasteiger partial charge in [0.15, 0.2) is 0 Å². The summed E-state index contributed by atoms with van der Waals surface area (Å²) in [6.45, 7) is 0. The van der Waals surface area contributed by atoms with Crippen LogP contribution in [0.1, 0.15) is 0 Å². The summed E-state index contributed by atoms with van der Waals surface area (Å²) in [7, 11) is 0. The third-order valence-electron chi connectivity index (χ3n) is 9.20. The fraction of sp³-hybridized carbons (Fsp3) is 0. The minimum absolute atomic E-state index is 0.887. The molecule has 2 aromatic heterocycles. The number of nitrogens with zero attached hydrogens (tertiary/aromatic N) is 1. The van der Waals surface area contributed by atoms with Gasteiger partial charge in [0.1, 0.15) is 11.2 Å². The third-order valence-corrected chi connectivity index (χ3v) is 10.4. The lowest BCUT2D eigenvalue weighted by Crippen LogP contribution is -2.10. The molecular formula is C42H25NOS. The third kappa shape index (κ3) is 3.62. The lowest BCUT2D eigenvalue weighted by atomic mass is 9.93. The first-order valence-electron chi connectivity index (χ1n) is 15.3. The van der Waals surface area contributed by atoms with Crippen LogP contribution in [0, 0.1) is 0 Å². The van der Waals surface area contributed by atoms with Crippen molar-refractivity contribution in [3.63, 3.8) is 0 Å². The Bertz CT molecular complexity index is 2770. The van der Waals surface area contributed by atoms with Gasteiger partial charge in [0.25, 0.3) is 0 Å². The summed E-state index contributed by atoms with van der Waals surface area (Å²) in [5, 5.41) is 12.5. The van der Waals surface area contributed by atoms with E-state index in [1.807, 2.05) is 23.5 Å². The largest absolute Gasteiger partial charge is 0.456 e. The van der Waals surface area contributed by atoms with Crippen LogP contribution in [0.5, 0.6) is 0 Å². The maximum absolute atomic E-state index is 6.36. The smallest absolute Gasteiger partial charge is 0.137 e. The lowest BCUT2D eigenvalue weighted by Gasteiger charge is -2.27. The Balaban J connectivity index is 1.30. The Labute approximate surface area is 263 Å². The standard InChI is InChI=1S/C42H25NOS/c1-2-10-28(11-3-1)43(29-21-23-32-31-13-6-8-16-37(31)44-38(32)25-29)36-24-27-19-18-26-20-22-35-33-14-7-9-17-39(33)45-42(35)41(26)40(27)34-15-5-4-12-30(34)36/h1-25H. The quantitative estimate of drug-likeness (QED) is 0.190. The van der Waals surface area contributed by atoms with Crippen molar-refractivity contribution < 1.29 is 4.42 Å². The van der Waals surface area contributed by atoms with E-state index in [0.29, 0.717) is 0 Å². The van der Waals surface area contributed by atoms with Crippen molar-refractivity contribution >= 4 is 103 Å². The molecule has 2 heterocycles. The van der Waals surface area contributed by atoms with Crippen molar-refractivity contribution in [3.8, 4) is 0 Å². The summed E-state index contributed by atoms with van der Waals surface area (Å²) in [5.41, 5.74) is 5.10. The molecule has 0 aliphatic rings. The van der Waals surface area contributed by atoms with Gasteiger partial charge in [-0.2, -0.15) is 0 Å². The highest BCUT2D eigenvalue weighted by Gasteiger charge is 2.20. The van der Waals surface area contributed by atoms with Crippen LogP contribution in [0.15, 0.2) is 156 Å². The first kappa shape index (κ1) is 24.8. The highest BCUT2D eigenvalue weighted by atomic mass is 32.1. The van der Waals surface area contributed by atoms with E-state index in [-0.39, 0.29) is 0 Å². The Morgan fingerprint density at radius 2 is 1.09 bits per heavy atom. The molecule has 0 radical (unpaired) electrons. The maximum Gasteiger partial charge on any atom is 0.137 e. The molecule has 0 bridgehead atoms. The Morgan fingerprint density at radius 3 is 1.98 bits per heavy atom. The first-order chi connectivity index (χ1) is 22.3. The molecule has 0 aliphatic carbocycles. The number of fused-ring (bicyclic) bond motifs is 12. The van der Waals surface area contributed by atoms with Gasteiger partial charge in [-0.05, 0) is 64.0 Å². The van der Waals surface area contributed by atoms with E-state index in [4.69, 9.17) is 4.42 Å². The summed E-state index contributed by atoms with van der Waals surface area (Å²) < 4.78 is 9.04. The molecule has 0 atom stereocenters. The predicted molar refractivity (Wildman–Crippen MR) is 194 cm³/mol. The van der Waals surface area contributed by atoms with Crippen molar-refractivity contribution in [3.05, 3.63) is 152 Å². The van der Waals surface area contributed by atoms with Gasteiger partial charge < -0.3 is 9.32 Å². The number of hydrogen-bond donors (Lipinski definition) is 0. The molecule has 0 saturated carbocycles. The van der Waals surface area contributed by atoms with Crippen LogP contribution in [0.2, 0.25) is 0 Å². The zero-order chi connectivity index (χ0) is 29.5. The Kier molecular flexibility index (Phi) is 5.19. The van der Waals surface area contributed by atoms with Crippen LogP contribution in [0.3, 0.4) is 0 Å². The Morgan fingerprint density at radius 1 is 0.422 bits per heavy atom. The van der Waals surface area contributed by atoms with E-state index >= 15 is 0 Å². The molecule has 0 saturated heterocycles. The summed E-state index contributed by atoms with van der Waals surface area (Å²) in [5.74, 6) is 0. The summed E-state index contributed by atoms with van der Waals surface area (Å²) in [4.78, 5) is 2.37. The number of hydrogen-bond acceptors (Lipinski definition) is 3. The fourth-order valence-electron chi connectivity index (χ4n) is 7.21. The molecule has 0 amide bonds. The molecule has 8 aromatic carbocycles. The molecule has 0 fully saturated rings. The molecule has 210 valence electrons. The van der Waals surface area contributed by atoms with Gasteiger partial charge in [-0.3, -0.25) is 0 Å². The van der Waals surface area contributed by atoms with Gasteiger partial charge in [0, 0.05) is 59.2 Å². The molecule has 2 nitrogen and oxygen atoms in total. The molecule has 10 aromatic rings. The molecule has 10 rings (SSSR count). The maximum atomic E-state index is 6.36. The zero-order valence-corrected chi connectivity index (χ0v) is 25.0. The van der Waals surface area contributed by atoms with E-state index in [9.17, 15) is 0 Å². The zero-order valence-electron chi connectivity index (χ0n) is 24.2. The predicted octanol–water partition coefficient (Wildman–Crippen LogP) is 12.9. The van der Waals surface area contributed by atoms with E-state index in [1.54, 1.807) is 0 Å². The molecule has 0 spiro atoms. The Hall–Kier alpha value is -5.64. The fourth-order valence-corrected chi connectivity index (χ4v) is 8.48. The summed E-state index contributed by atoms with van der Waals surface area (Å²) >= 11 is 1.90. The number of furan rings is 1. The molecule has 0 N–H and O–H groups in total. The van der Waals surface area contributed by atoms with E-state index in [0.717, 1.165) is 39.0 Å². The minimum Gasteiger partial charge on any atom is -0.456 e. The highest BCUT2D eigenvalue weighted by molar-refractivity contribution is 7.26. The molecule has 3 heteroatoms. The number of benzene rings is 8. The van der Waals surface area contributed by atoms with Gasteiger partial charge in [0.2, 0.25) is 0 Å². The van der Waals surface area contributed by atoms with Crippen molar-refractivity contribution in [2.24, 2.45) is 0 Å². The average Bonchev–Trinajstić information content (AvgIpc) is 3.67. The van der Waals surface area contributed by atoms with Crippen LogP contribution < -0.4 is 4.90 Å².